The number of halogens is 2. The third-order valence-electron chi connectivity index (χ3n) is 24.2. The summed E-state index contributed by atoms with van der Waals surface area (Å²) in [5, 5.41) is 20.1. The number of aromatic nitrogens is 12. The molecule has 0 bridgehead atoms. The van der Waals surface area contributed by atoms with Gasteiger partial charge >= 0.3 is 23.1 Å². The van der Waals surface area contributed by atoms with Crippen molar-refractivity contribution in [3.63, 3.8) is 0 Å². The van der Waals surface area contributed by atoms with Gasteiger partial charge in [-0.1, -0.05) is 317 Å². The van der Waals surface area contributed by atoms with Crippen LogP contribution in [-0.2, 0) is 39.4 Å². The zero-order valence-corrected chi connectivity index (χ0v) is 91.3. The maximum Gasteiger partial charge on any atom is 2.00 e. The molecule has 16 rings (SSSR count). The second kappa shape index (κ2) is 53.5. The first-order valence-corrected chi connectivity index (χ1v) is 49.2. The largest absolute Gasteiger partial charge is 2.00 e. The number of aryl methyl sites for hydroxylation is 19. The molecule has 0 atom stereocenters. The Morgan fingerprint density at radius 1 is 0.272 bits per heavy atom. The Bertz CT molecular complexity index is 5880. The first kappa shape index (κ1) is 109. The molecule has 0 saturated heterocycles. The molecule has 0 aliphatic heterocycles. The Kier molecular flexibility index (Phi) is 43.0. The van der Waals surface area contributed by atoms with Gasteiger partial charge in [-0.05, 0) is 271 Å². The van der Waals surface area contributed by atoms with Gasteiger partial charge in [0.2, 0.25) is 0 Å². The summed E-state index contributed by atoms with van der Waals surface area (Å²) in [7, 11) is 0. The van der Waals surface area contributed by atoms with E-state index in [0.29, 0.717) is 0 Å². The standard InChI is InChI=1S/2C30H35N3.C30H34N3.C24H22BrN3.C6H13.BrH.Ir.Mg/c3*1-6-7-8-10-13-25-19-23(4)28(24(5)20-25)33-30(26-14-11-9-12-15-26)31-29(32-33)27-17-21(2)16-22(3)18-27;1-15-10-16(2)12-20(11-15)23-26-24(19-8-6-5-7-9-19)28(27-23)22-17(3)13-21(25)14-18(22)4;1-3-5-6-4-2;;;/h2*9,11-12,14-20H,6-8,10,13H2,1-5H3;9,11-12,14,16-20H,6-8,10,13H2,1-5H3;5-14H,1-4H3;1,3-6H2,2H3;1H;;/q;;-1;;-1;;;+2/p-1. The van der Waals surface area contributed by atoms with Gasteiger partial charge in [0.15, 0.2) is 40.8 Å². The fourth-order valence-corrected chi connectivity index (χ4v) is 19.0. The van der Waals surface area contributed by atoms with Crippen LogP contribution in [0.3, 0.4) is 0 Å². The van der Waals surface area contributed by atoms with Crippen LogP contribution < -0.4 is 17.0 Å². The fraction of sp³-hybridized carbons (Fsp3) is 0.325. The second-order valence-electron chi connectivity index (χ2n) is 36.7. The van der Waals surface area contributed by atoms with Crippen LogP contribution in [0.2, 0.25) is 0 Å². The minimum Gasteiger partial charge on any atom is -1.00 e. The molecule has 1 radical (unpaired) electrons. The Morgan fingerprint density at radius 2 is 0.507 bits per heavy atom. The van der Waals surface area contributed by atoms with Crippen LogP contribution >= 0.6 is 15.9 Å². The van der Waals surface area contributed by atoms with Crippen LogP contribution in [0.5, 0.6) is 0 Å². The fourth-order valence-electron chi connectivity index (χ4n) is 18.3. The molecule has 12 aromatic carbocycles. The van der Waals surface area contributed by atoms with Crippen LogP contribution in [0.25, 0.3) is 114 Å². The molecule has 0 N–H and O–H groups in total. The van der Waals surface area contributed by atoms with E-state index in [4.69, 9.17) is 40.3 Å². The Morgan fingerprint density at radius 3 is 0.743 bits per heavy atom. The molecule has 0 amide bonds. The molecular weight excluding hydrogens is 1990 g/mol. The van der Waals surface area contributed by atoms with Gasteiger partial charge in [0, 0.05) is 63.5 Å². The molecule has 16 aromatic rings. The van der Waals surface area contributed by atoms with E-state index in [1.807, 2.05) is 67.3 Å². The average Bonchev–Trinajstić information content (AvgIpc) is 1.68. The summed E-state index contributed by atoms with van der Waals surface area (Å²) in [5.41, 5.74) is 36.6. The van der Waals surface area contributed by atoms with Crippen molar-refractivity contribution in [2.45, 2.75) is 260 Å². The average molecular weight is 2130 g/mol. The molecule has 0 unspecified atom stereocenters. The van der Waals surface area contributed by atoms with Crippen LogP contribution in [0, 0.1) is 124 Å². The van der Waals surface area contributed by atoms with Crippen LogP contribution in [0.15, 0.2) is 241 Å². The third kappa shape index (κ3) is 29.6. The van der Waals surface area contributed by atoms with E-state index in [2.05, 4.69) is 355 Å². The molecule has 0 aliphatic rings. The summed E-state index contributed by atoms with van der Waals surface area (Å²) >= 11 is 3.60. The summed E-state index contributed by atoms with van der Waals surface area (Å²) in [6, 6.07) is 86.6. The predicted molar refractivity (Wildman–Crippen MR) is 570 cm³/mol. The summed E-state index contributed by atoms with van der Waals surface area (Å²) in [6.45, 7) is 47.1. The number of unbranched alkanes of at least 4 members (excludes halogenated alkanes) is 12. The van der Waals surface area contributed by atoms with E-state index in [1.54, 1.807) is 0 Å². The number of nitrogens with zero attached hydrogens (tertiary/aromatic N) is 12. The number of hydrogen-bond donors (Lipinski definition) is 0. The van der Waals surface area contributed by atoms with Crippen molar-refractivity contribution < 1.29 is 37.1 Å². The number of hydrogen-bond acceptors (Lipinski definition) is 8. The van der Waals surface area contributed by atoms with Crippen molar-refractivity contribution >= 4 is 39.0 Å². The van der Waals surface area contributed by atoms with E-state index in [0.717, 1.165) is 155 Å². The van der Waals surface area contributed by atoms with E-state index in [1.165, 1.54) is 191 Å². The van der Waals surface area contributed by atoms with Crippen molar-refractivity contribution in [3.05, 3.63) is 360 Å². The molecule has 16 heteroatoms. The smallest absolute Gasteiger partial charge is 1.00 e. The minimum absolute atomic E-state index is 0. The zero-order valence-electron chi connectivity index (χ0n) is 84.3. The normalized spacial score (nSPS) is 10.8. The third-order valence-corrected chi connectivity index (χ3v) is 24.6. The van der Waals surface area contributed by atoms with Crippen molar-refractivity contribution in [1.29, 1.82) is 0 Å². The first-order chi connectivity index (χ1) is 64.2. The Balaban J connectivity index is 0.000000198. The Labute approximate surface area is 861 Å². The van der Waals surface area contributed by atoms with Gasteiger partial charge in [-0.15, -0.1) is 51.2 Å². The summed E-state index contributed by atoms with van der Waals surface area (Å²) < 4.78 is 9.17. The molecule has 136 heavy (non-hydrogen) atoms. The van der Waals surface area contributed by atoms with E-state index in [9.17, 15) is 0 Å². The van der Waals surface area contributed by atoms with Gasteiger partial charge in [-0.25, -0.2) is 29.0 Å². The molecular formula is C120H139Br2IrMgN12-. The SMILES string of the molecule is CCCCCCc1cc(C)c(-n2nc(-c3cc(C)cc(C)c3)nc2-c2[c-]cccc2)c(C)c1.CCCCCCc1cc(C)c(-n2nc(-c3cc(C)cc(C)c3)nc2-c2ccccc2)c(C)c1.CCCCCCc1cc(C)c(-n2nc(-c3cc(C)cc(C)c3)nc2-c2ccccc2)c(C)c1.Cc1cc(C)cc(-c2nc(-c3ccccc3)n(-c3c(C)cc(Br)cc3C)n2)c1.[Br-].[CH2-]CCCCC.[Ir].[Mg+2]. The molecule has 0 aliphatic carbocycles. The Hall–Kier alpha value is -10.4. The number of benzene rings is 12. The van der Waals surface area contributed by atoms with Gasteiger partial charge in [0.25, 0.3) is 0 Å². The van der Waals surface area contributed by atoms with Crippen molar-refractivity contribution in [3.8, 4) is 114 Å². The summed E-state index contributed by atoms with van der Waals surface area (Å²) in [4.78, 5) is 20.0. The minimum atomic E-state index is 0. The van der Waals surface area contributed by atoms with Crippen LogP contribution in [0.1, 0.15) is 236 Å². The monoisotopic (exact) mass is 2120 g/mol. The van der Waals surface area contributed by atoms with Crippen molar-refractivity contribution in [2.75, 3.05) is 0 Å². The molecule has 705 valence electrons. The predicted octanol–water partition coefficient (Wildman–Crippen LogP) is 29.3. The van der Waals surface area contributed by atoms with E-state index >= 15 is 0 Å². The van der Waals surface area contributed by atoms with Gasteiger partial charge in [-0.3, -0.25) is 9.67 Å². The number of rotatable bonds is 30. The first-order valence-electron chi connectivity index (χ1n) is 48.5. The molecule has 12 nitrogen and oxygen atoms in total. The van der Waals surface area contributed by atoms with Gasteiger partial charge in [0.05, 0.1) is 28.6 Å². The molecule has 4 heterocycles. The topological polar surface area (TPSA) is 123 Å². The quantitative estimate of drug-likeness (QED) is 0.0248. The molecule has 0 fully saturated rings. The van der Waals surface area contributed by atoms with Crippen LogP contribution in [0.4, 0.5) is 0 Å². The van der Waals surface area contributed by atoms with Crippen LogP contribution in [-0.4, -0.2) is 82.1 Å². The van der Waals surface area contributed by atoms with Crippen molar-refractivity contribution in [2.24, 2.45) is 0 Å². The van der Waals surface area contributed by atoms with E-state index < -0.39 is 0 Å². The molecule has 0 saturated carbocycles. The van der Waals surface area contributed by atoms with Crippen molar-refractivity contribution in [1.82, 2.24) is 59.1 Å². The van der Waals surface area contributed by atoms with E-state index in [-0.39, 0.29) is 60.1 Å². The van der Waals surface area contributed by atoms with Gasteiger partial charge in [-0.2, -0.15) is 11.5 Å². The summed E-state index contributed by atoms with van der Waals surface area (Å²) in [6.07, 6.45) is 23.9. The maximum absolute atomic E-state index is 5.05. The molecule has 4 aromatic heterocycles. The molecule has 0 spiro atoms. The van der Waals surface area contributed by atoms with Gasteiger partial charge in [0.1, 0.15) is 0 Å². The maximum atomic E-state index is 5.05. The zero-order chi connectivity index (χ0) is 94.8. The van der Waals surface area contributed by atoms with Gasteiger partial charge < -0.3 is 23.9 Å². The second-order valence-corrected chi connectivity index (χ2v) is 37.6. The summed E-state index contributed by atoms with van der Waals surface area (Å²) in [5.74, 6) is 6.46.